The van der Waals surface area contributed by atoms with Gasteiger partial charge in [0, 0.05) is 32.5 Å². The van der Waals surface area contributed by atoms with E-state index >= 15 is 0 Å². The Labute approximate surface area is 128 Å². The van der Waals surface area contributed by atoms with Crippen LogP contribution in [0.25, 0.3) is 0 Å². The second-order valence-electron chi connectivity index (χ2n) is 6.53. The lowest BCUT2D eigenvalue weighted by Gasteiger charge is -2.36. The third-order valence-electron chi connectivity index (χ3n) is 4.70. The summed E-state index contributed by atoms with van der Waals surface area (Å²) in [6.07, 6.45) is 4.00. The van der Waals surface area contributed by atoms with Crippen LogP contribution in [0.15, 0.2) is 11.6 Å². The van der Waals surface area contributed by atoms with Crippen molar-refractivity contribution in [2.24, 2.45) is 23.7 Å². The Morgan fingerprint density at radius 3 is 2.76 bits per heavy atom. The number of rotatable bonds is 6. The van der Waals surface area contributed by atoms with Gasteiger partial charge in [-0.15, -0.1) is 0 Å². The summed E-state index contributed by atoms with van der Waals surface area (Å²) >= 11 is 0. The molecule has 3 atom stereocenters. The third kappa shape index (κ3) is 4.86. The number of amides is 1. The molecule has 3 unspecified atom stereocenters. The van der Waals surface area contributed by atoms with E-state index in [-0.39, 0.29) is 24.3 Å². The molecule has 1 aliphatic rings. The van der Waals surface area contributed by atoms with Gasteiger partial charge in [-0.3, -0.25) is 4.79 Å². The molecule has 0 fully saturated rings. The van der Waals surface area contributed by atoms with Gasteiger partial charge in [0.1, 0.15) is 0 Å². The van der Waals surface area contributed by atoms with Crippen molar-refractivity contribution in [1.29, 1.82) is 5.26 Å². The summed E-state index contributed by atoms with van der Waals surface area (Å²) in [7, 11) is 1.76. The van der Waals surface area contributed by atoms with Crippen LogP contribution in [-0.2, 0) is 4.79 Å². The minimum absolute atomic E-state index is 0.105. The van der Waals surface area contributed by atoms with Gasteiger partial charge in [0.15, 0.2) is 0 Å². The molecule has 4 nitrogen and oxygen atoms in total. The molecule has 0 bridgehead atoms. The maximum absolute atomic E-state index is 12.2. The monoisotopic (exact) mass is 292 g/mol. The van der Waals surface area contributed by atoms with Crippen LogP contribution in [0.5, 0.6) is 0 Å². The number of aliphatic hydroxyl groups excluding tert-OH is 1. The summed E-state index contributed by atoms with van der Waals surface area (Å²) in [5.41, 5.74) is 1.22. The van der Waals surface area contributed by atoms with Crippen molar-refractivity contribution in [3.8, 4) is 6.07 Å². The van der Waals surface area contributed by atoms with E-state index in [4.69, 9.17) is 5.26 Å². The Bertz CT molecular complexity index is 423. The standard InChI is InChI=1S/C17H28N2O2/c1-12(2)16-9-14(13(3)8-15(16)11-20)10-17(21)19(4)7-5-6-18/h8,12,14-16,20H,5,7,9-11H2,1-4H3. The lowest BCUT2D eigenvalue weighted by molar-refractivity contribution is -0.130. The first-order valence-electron chi connectivity index (χ1n) is 7.80. The van der Waals surface area contributed by atoms with E-state index in [0.717, 1.165) is 6.42 Å². The number of aliphatic hydroxyl groups is 1. The van der Waals surface area contributed by atoms with Crippen LogP contribution in [0.1, 0.15) is 40.0 Å². The van der Waals surface area contributed by atoms with Gasteiger partial charge in [-0.1, -0.05) is 25.5 Å². The average molecular weight is 292 g/mol. The SMILES string of the molecule is CC1=CC(CO)C(C(C)C)CC1CC(=O)N(C)CCC#N. The number of hydrogen-bond acceptors (Lipinski definition) is 3. The lowest BCUT2D eigenvalue weighted by atomic mass is 9.70. The van der Waals surface area contributed by atoms with Crippen LogP contribution in [0.4, 0.5) is 0 Å². The second kappa shape index (κ2) is 8.19. The number of hydrogen-bond donors (Lipinski definition) is 1. The molecule has 0 radical (unpaired) electrons. The van der Waals surface area contributed by atoms with E-state index in [1.54, 1.807) is 11.9 Å². The minimum atomic E-state index is 0.105. The van der Waals surface area contributed by atoms with Gasteiger partial charge in [0.05, 0.1) is 12.5 Å². The van der Waals surface area contributed by atoms with Crippen LogP contribution in [-0.4, -0.2) is 36.1 Å². The Kier molecular flexibility index (Phi) is 6.91. The first-order chi connectivity index (χ1) is 9.90. The molecule has 1 rings (SSSR count). The van der Waals surface area contributed by atoms with Gasteiger partial charge in [0.25, 0.3) is 0 Å². The van der Waals surface area contributed by atoms with Crippen molar-refractivity contribution in [2.45, 2.75) is 40.0 Å². The molecule has 0 saturated heterocycles. The highest BCUT2D eigenvalue weighted by Gasteiger charge is 2.32. The fourth-order valence-electron chi connectivity index (χ4n) is 3.19. The summed E-state index contributed by atoms with van der Waals surface area (Å²) in [5.74, 6) is 1.51. The summed E-state index contributed by atoms with van der Waals surface area (Å²) in [6, 6.07) is 2.07. The smallest absolute Gasteiger partial charge is 0.222 e. The summed E-state index contributed by atoms with van der Waals surface area (Å²) in [6.45, 7) is 7.10. The highest BCUT2D eigenvalue weighted by molar-refractivity contribution is 5.76. The van der Waals surface area contributed by atoms with Crippen molar-refractivity contribution in [3.05, 3.63) is 11.6 Å². The third-order valence-corrected chi connectivity index (χ3v) is 4.70. The summed E-state index contributed by atoms with van der Waals surface area (Å²) in [5, 5.41) is 18.1. The van der Waals surface area contributed by atoms with Crippen molar-refractivity contribution >= 4 is 5.91 Å². The van der Waals surface area contributed by atoms with Crippen molar-refractivity contribution in [2.75, 3.05) is 20.2 Å². The van der Waals surface area contributed by atoms with E-state index in [1.807, 2.05) is 0 Å². The molecule has 1 aliphatic carbocycles. The zero-order chi connectivity index (χ0) is 16.0. The van der Waals surface area contributed by atoms with E-state index < -0.39 is 0 Å². The maximum atomic E-state index is 12.2. The van der Waals surface area contributed by atoms with Crippen molar-refractivity contribution < 1.29 is 9.90 Å². The van der Waals surface area contributed by atoms with Crippen LogP contribution in [0, 0.1) is 35.0 Å². The topological polar surface area (TPSA) is 64.3 Å². The van der Waals surface area contributed by atoms with E-state index in [2.05, 4.69) is 32.9 Å². The maximum Gasteiger partial charge on any atom is 0.222 e. The largest absolute Gasteiger partial charge is 0.396 e. The molecule has 0 heterocycles. The molecule has 118 valence electrons. The van der Waals surface area contributed by atoms with Gasteiger partial charge < -0.3 is 10.0 Å². The normalized spacial score (nSPS) is 25.4. The molecule has 4 heteroatoms. The number of nitrogens with zero attached hydrogens (tertiary/aromatic N) is 2. The molecule has 0 aromatic heterocycles. The highest BCUT2D eigenvalue weighted by Crippen LogP contribution is 2.38. The van der Waals surface area contributed by atoms with Gasteiger partial charge >= 0.3 is 0 Å². The number of nitriles is 1. The van der Waals surface area contributed by atoms with Crippen molar-refractivity contribution in [1.82, 2.24) is 4.90 Å². The van der Waals surface area contributed by atoms with E-state index in [9.17, 15) is 9.90 Å². The van der Waals surface area contributed by atoms with Gasteiger partial charge in [-0.25, -0.2) is 0 Å². The van der Waals surface area contributed by atoms with E-state index in [1.165, 1.54) is 5.57 Å². The Morgan fingerprint density at radius 1 is 1.57 bits per heavy atom. The molecule has 0 aromatic rings. The predicted molar refractivity (Wildman–Crippen MR) is 83.3 cm³/mol. The summed E-state index contributed by atoms with van der Waals surface area (Å²) in [4.78, 5) is 13.9. The molecule has 0 saturated carbocycles. The zero-order valence-electron chi connectivity index (χ0n) is 13.7. The Morgan fingerprint density at radius 2 is 2.24 bits per heavy atom. The number of carbonyl (C=O) groups is 1. The molecule has 0 aliphatic heterocycles. The lowest BCUT2D eigenvalue weighted by Crippen LogP contribution is -2.34. The number of carbonyl (C=O) groups excluding carboxylic acids is 1. The predicted octanol–water partition coefficient (Wildman–Crippen LogP) is 2.60. The average Bonchev–Trinajstić information content (AvgIpc) is 2.45. The summed E-state index contributed by atoms with van der Waals surface area (Å²) < 4.78 is 0. The zero-order valence-corrected chi connectivity index (χ0v) is 13.7. The fourth-order valence-corrected chi connectivity index (χ4v) is 3.19. The van der Waals surface area contributed by atoms with Gasteiger partial charge in [-0.2, -0.15) is 5.26 Å². The van der Waals surface area contributed by atoms with Crippen LogP contribution in [0.2, 0.25) is 0 Å². The fraction of sp³-hybridized carbons (Fsp3) is 0.765. The van der Waals surface area contributed by atoms with E-state index in [0.29, 0.717) is 31.2 Å². The Hall–Kier alpha value is -1.34. The molecule has 21 heavy (non-hydrogen) atoms. The molecule has 1 amide bonds. The quantitative estimate of drug-likeness (QED) is 0.765. The molecular formula is C17H28N2O2. The first-order valence-corrected chi connectivity index (χ1v) is 7.80. The molecule has 0 spiro atoms. The Balaban J connectivity index is 2.70. The van der Waals surface area contributed by atoms with Crippen molar-refractivity contribution in [3.63, 3.8) is 0 Å². The second-order valence-corrected chi connectivity index (χ2v) is 6.53. The molecule has 0 aromatic carbocycles. The van der Waals surface area contributed by atoms with Crippen LogP contribution in [0.3, 0.4) is 0 Å². The first kappa shape index (κ1) is 17.7. The highest BCUT2D eigenvalue weighted by atomic mass is 16.3. The van der Waals surface area contributed by atoms with Gasteiger partial charge in [-0.05, 0) is 31.1 Å². The van der Waals surface area contributed by atoms with Crippen LogP contribution < -0.4 is 0 Å². The molecular weight excluding hydrogens is 264 g/mol. The number of allylic oxidation sites excluding steroid dienone is 1. The molecule has 1 N–H and O–H groups in total. The van der Waals surface area contributed by atoms with Crippen LogP contribution >= 0.6 is 0 Å². The van der Waals surface area contributed by atoms with Gasteiger partial charge in [0.2, 0.25) is 5.91 Å². The minimum Gasteiger partial charge on any atom is -0.396 e.